The third kappa shape index (κ3) is 3.53. The molecule has 1 heterocycles. The van der Waals surface area contributed by atoms with Crippen LogP contribution in [0.2, 0.25) is 0 Å². The molecule has 0 fully saturated rings. The van der Waals surface area contributed by atoms with Crippen LogP contribution in [0.3, 0.4) is 0 Å². The van der Waals surface area contributed by atoms with E-state index in [1.807, 2.05) is 44.2 Å². The van der Waals surface area contributed by atoms with Gasteiger partial charge in [0, 0.05) is 5.56 Å². The van der Waals surface area contributed by atoms with Crippen LogP contribution in [0.15, 0.2) is 48.0 Å². The molecule has 0 saturated heterocycles. The highest BCUT2D eigenvalue weighted by Gasteiger charge is 2.30. The van der Waals surface area contributed by atoms with Gasteiger partial charge in [-0.05, 0) is 50.1 Å². The van der Waals surface area contributed by atoms with Gasteiger partial charge in [0.1, 0.15) is 23.4 Å². The lowest BCUT2D eigenvalue weighted by Gasteiger charge is -2.27. The second-order valence-corrected chi connectivity index (χ2v) is 6.43. The number of phenols is 1. The van der Waals surface area contributed by atoms with Crippen LogP contribution in [0.5, 0.6) is 17.2 Å². The molecule has 1 aliphatic heterocycles. The number of allylic oxidation sites excluding steroid dienone is 2. The standard InChI is InChI=1S/C21H22O4/c1-13(2)4-9-16-18(22)11-10-17-19(23)12-20(25-21(16)17)14-5-7-15(24-3)8-6-14/h4-8,10-11,20,22H,9,12H2,1-3H3/t20-/m0/s1. The van der Waals surface area contributed by atoms with Crippen molar-refractivity contribution < 1.29 is 19.4 Å². The maximum atomic E-state index is 12.6. The molecule has 0 unspecified atom stereocenters. The van der Waals surface area contributed by atoms with Gasteiger partial charge in [-0.2, -0.15) is 0 Å². The molecule has 3 rings (SSSR count). The predicted octanol–water partition coefficient (Wildman–Crippen LogP) is 4.62. The summed E-state index contributed by atoms with van der Waals surface area (Å²) in [4.78, 5) is 12.6. The smallest absolute Gasteiger partial charge is 0.170 e. The molecule has 0 saturated carbocycles. The zero-order chi connectivity index (χ0) is 18.0. The number of hydrogen-bond acceptors (Lipinski definition) is 4. The van der Waals surface area contributed by atoms with Gasteiger partial charge in [-0.3, -0.25) is 4.79 Å². The van der Waals surface area contributed by atoms with Gasteiger partial charge < -0.3 is 14.6 Å². The number of carbonyl (C=O) groups is 1. The molecular formula is C21H22O4. The Kier molecular flexibility index (Phi) is 4.79. The van der Waals surface area contributed by atoms with Crippen molar-refractivity contribution in [1.29, 1.82) is 0 Å². The number of hydrogen-bond donors (Lipinski definition) is 1. The van der Waals surface area contributed by atoms with E-state index in [2.05, 4.69) is 0 Å². The number of ketones is 1. The molecule has 1 atom stereocenters. The molecule has 0 bridgehead atoms. The van der Waals surface area contributed by atoms with Gasteiger partial charge in [-0.15, -0.1) is 0 Å². The quantitative estimate of drug-likeness (QED) is 0.827. The van der Waals surface area contributed by atoms with Crippen molar-refractivity contribution in [3.8, 4) is 17.2 Å². The SMILES string of the molecule is COc1ccc([C@@H]2CC(=O)c3ccc(O)c(CC=C(C)C)c3O2)cc1. The van der Waals surface area contributed by atoms with Gasteiger partial charge in [0.15, 0.2) is 5.78 Å². The molecule has 2 aromatic rings. The number of rotatable bonds is 4. The molecule has 1 aliphatic rings. The Morgan fingerprint density at radius 1 is 1.24 bits per heavy atom. The fourth-order valence-electron chi connectivity index (χ4n) is 2.94. The number of aromatic hydroxyl groups is 1. The van der Waals surface area contributed by atoms with Crippen molar-refractivity contribution in [3.63, 3.8) is 0 Å². The van der Waals surface area contributed by atoms with E-state index in [0.717, 1.165) is 16.9 Å². The van der Waals surface area contributed by atoms with Crippen LogP contribution in [0.1, 0.15) is 47.9 Å². The van der Waals surface area contributed by atoms with Gasteiger partial charge in [-0.1, -0.05) is 23.8 Å². The summed E-state index contributed by atoms with van der Waals surface area (Å²) in [5, 5.41) is 10.3. The monoisotopic (exact) mass is 338 g/mol. The minimum absolute atomic E-state index is 0.0283. The number of Topliss-reactive ketones (excluding diaryl/α,β-unsaturated/α-hetero) is 1. The van der Waals surface area contributed by atoms with Crippen molar-refractivity contribution in [2.75, 3.05) is 7.11 Å². The van der Waals surface area contributed by atoms with E-state index in [-0.39, 0.29) is 24.1 Å². The van der Waals surface area contributed by atoms with E-state index in [1.54, 1.807) is 19.2 Å². The topological polar surface area (TPSA) is 55.8 Å². The first-order valence-corrected chi connectivity index (χ1v) is 8.31. The number of ether oxygens (including phenoxy) is 2. The predicted molar refractivity (Wildman–Crippen MR) is 96.6 cm³/mol. The van der Waals surface area contributed by atoms with E-state index >= 15 is 0 Å². The Labute approximate surface area is 147 Å². The van der Waals surface area contributed by atoms with Crippen molar-refractivity contribution >= 4 is 5.78 Å². The lowest BCUT2D eigenvalue weighted by Crippen LogP contribution is -2.21. The number of fused-ring (bicyclic) bond motifs is 1. The molecule has 0 amide bonds. The zero-order valence-corrected chi connectivity index (χ0v) is 14.7. The van der Waals surface area contributed by atoms with Crippen LogP contribution in [0, 0.1) is 0 Å². The zero-order valence-electron chi connectivity index (χ0n) is 14.7. The average Bonchev–Trinajstić information content (AvgIpc) is 2.60. The molecule has 4 nitrogen and oxygen atoms in total. The third-order valence-corrected chi connectivity index (χ3v) is 4.37. The molecule has 0 aromatic heterocycles. The van der Waals surface area contributed by atoms with Crippen LogP contribution in [0.25, 0.3) is 0 Å². The molecule has 1 N–H and O–H groups in total. The number of phenolic OH excluding ortho intramolecular Hbond substituents is 1. The second-order valence-electron chi connectivity index (χ2n) is 6.43. The largest absolute Gasteiger partial charge is 0.508 e. The number of methoxy groups -OCH3 is 1. The summed E-state index contributed by atoms with van der Waals surface area (Å²) in [5.74, 6) is 1.43. The van der Waals surface area contributed by atoms with Crippen LogP contribution in [-0.4, -0.2) is 18.0 Å². The molecule has 2 aromatic carbocycles. The van der Waals surface area contributed by atoms with Crippen LogP contribution in [-0.2, 0) is 6.42 Å². The minimum atomic E-state index is -0.363. The second kappa shape index (κ2) is 7.01. The molecular weight excluding hydrogens is 316 g/mol. The highest BCUT2D eigenvalue weighted by molar-refractivity contribution is 6.00. The van der Waals surface area contributed by atoms with Gasteiger partial charge in [-0.25, -0.2) is 0 Å². The van der Waals surface area contributed by atoms with E-state index in [1.165, 1.54) is 0 Å². The first-order chi connectivity index (χ1) is 12.0. The highest BCUT2D eigenvalue weighted by atomic mass is 16.5. The van der Waals surface area contributed by atoms with Crippen molar-refractivity contribution in [2.45, 2.75) is 32.8 Å². The Hall–Kier alpha value is -2.75. The fourth-order valence-corrected chi connectivity index (χ4v) is 2.94. The molecule has 4 heteroatoms. The highest BCUT2D eigenvalue weighted by Crippen LogP contribution is 2.41. The van der Waals surface area contributed by atoms with Gasteiger partial charge >= 0.3 is 0 Å². The molecule has 0 aliphatic carbocycles. The summed E-state index contributed by atoms with van der Waals surface area (Å²) >= 11 is 0. The van der Waals surface area contributed by atoms with Crippen molar-refractivity contribution in [3.05, 3.63) is 64.7 Å². The summed E-state index contributed by atoms with van der Waals surface area (Å²) in [5.41, 5.74) is 3.26. The fraction of sp³-hybridized carbons (Fsp3) is 0.286. The summed E-state index contributed by atoms with van der Waals surface area (Å²) in [6.45, 7) is 4.00. The normalized spacial score (nSPS) is 16.0. The summed E-state index contributed by atoms with van der Waals surface area (Å²) in [6, 6.07) is 10.7. The maximum Gasteiger partial charge on any atom is 0.170 e. The van der Waals surface area contributed by atoms with Gasteiger partial charge in [0.25, 0.3) is 0 Å². The lowest BCUT2D eigenvalue weighted by molar-refractivity contribution is 0.0847. The number of benzene rings is 2. The van der Waals surface area contributed by atoms with Crippen molar-refractivity contribution in [1.82, 2.24) is 0 Å². The lowest BCUT2D eigenvalue weighted by atomic mass is 9.93. The van der Waals surface area contributed by atoms with E-state index in [0.29, 0.717) is 23.3 Å². The Morgan fingerprint density at radius 2 is 1.96 bits per heavy atom. The van der Waals surface area contributed by atoms with Gasteiger partial charge in [0.2, 0.25) is 0 Å². The first-order valence-electron chi connectivity index (χ1n) is 8.31. The van der Waals surface area contributed by atoms with Gasteiger partial charge in [0.05, 0.1) is 19.1 Å². The van der Waals surface area contributed by atoms with Crippen LogP contribution < -0.4 is 9.47 Å². The molecule has 25 heavy (non-hydrogen) atoms. The van der Waals surface area contributed by atoms with E-state index < -0.39 is 0 Å². The van der Waals surface area contributed by atoms with E-state index in [4.69, 9.17) is 9.47 Å². The van der Waals surface area contributed by atoms with Crippen LogP contribution in [0.4, 0.5) is 0 Å². The molecule has 130 valence electrons. The average molecular weight is 338 g/mol. The summed E-state index contributed by atoms with van der Waals surface area (Å²) in [6.07, 6.45) is 2.46. The maximum absolute atomic E-state index is 12.6. The van der Waals surface area contributed by atoms with Crippen molar-refractivity contribution in [2.24, 2.45) is 0 Å². The Bertz CT molecular complexity index is 815. The molecule has 0 spiro atoms. The third-order valence-electron chi connectivity index (χ3n) is 4.37. The number of carbonyl (C=O) groups excluding carboxylic acids is 1. The summed E-state index contributed by atoms with van der Waals surface area (Å²) in [7, 11) is 1.62. The minimum Gasteiger partial charge on any atom is -0.508 e. The first kappa shape index (κ1) is 17.1. The Morgan fingerprint density at radius 3 is 2.60 bits per heavy atom. The molecule has 0 radical (unpaired) electrons. The van der Waals surface area contributed by atoms with E-state index in [9.17, 15) is 9.90 Å². The summed E-state index contributed by atoms with van der Waals surface area (Å²) < 4.78 is 11.3. The van der Waals surface area contributed by atoms with Crippen LogP contribution >= 0.6 is 0 Å². The Balaban J connectivity index is 1.98.